The maximum atomic E-state index is 5.57. The van der Waals surface area contributed by atoms with E-state index in [0.29, 0.717) is 12.7 Å². The van der Waals surface area contributed by atoms with Crippen molar-refractivity contribution in [3.05, 3.63) is 0 Å². The van der Waals surface area contributed by atoms with E-state index in [1.165, 1.54) is 19.3 Å². The summed E-state index contributed by atoms with van der Waals surface area (Å²) in [7, 11) is 0. The van der Waals surface area contributed by atoms with Crippen molar-refractivity contribution in [2.75, 3.05) is 19.8 Å². The maximum absolute atomic E-state index is 5.57. The molecule has 0 bridgehead atoms. The van der Waals surface area contributed by atoms with E-state index in [2.05, 4.69) is 4.90 Å². The summed E-state index contributed by atoms with van der Waals surface area (Å²) in [6.45, 7) is 2.57. The molecular weight excluding hydrogens is 126 g/mol. The van der Waals surface area contributed by atoms with Gasteiger partial charge in [0.05, 0.1) is 0 Å². The first-order valence-corrected chi connectivity index (χ1v) is 4.02. The van der Waals surface area contributed by atoms with Crippen LogP contribution >= 0.6 is 0 Å². The Morgan fingerprint density at radius 3 is 2.60 bits per heavy atom. The number of nitrogens with zero attached hydrogens (tertiary/aromatic N) is 1. The summed E-state index contributed by atoms with van der Waals surface area (Å²) < 4.78 is 0. The van der Waals surface area contributed by atoms with Crippen LogP contribution < -0.4 is 11.5 Å². The highest BCUT2D eigenvalue weighted by atomic mass is 15.2. The van der Waals surface area contributed by atoms with E-state index >= 15 is 0 Å². The molecule has 1 rings (SSSR count). The van der Waals surface area contributed by atoms with E-state index in [1.54, 1.807) is 0 Å². The number of rotatable bonds is 2. The molecule has 60 valence electrons. The standard InChI is InChI=1S/C7H17N3/c8-5-7-3-1-2-4-10(7)6-9/h7H,1-6,8-9H2. The van der Waals surface area contributed by atoms with Gasteiger partial charge in [0.15, 0.2) is 0 Å². The topological polar surface area (TPSA) is 55.3 Å². The van der Waals surface area contributed by atoms with Gasteiger partial charge in [-0.25, -0.2) is 0 Å². The minimum atomic E-state index is 0.554. The van der Waals surface area contributed by atoms with Gasteiger partial charge in [-0.05, 0) is 19.4 Å². The van der Waals surface area contributed by atoms with Crippen LogP contribution in [0.4, 0.5) is 0 Å². The van der Waals surface area contributed by atoms with Gasteiger partial charge in [-0.1, -0.05) is 6.42 Å². The first kappa shape index (κ1) is 7.98. The first-order chi connectivity index (χ1) is 4.88. The smallest absolute Gasteiger partial charge is 0.0458 e. The van der Waals surface area contributed by atoms with Crippen LogP contribution in [0.3, 0.4) is 0 Å². The van der Waals surface area contributed by atoms with Crippen LogP contribution in [0, 0.1) is 0 Å². The fraction of sp³-hybridized carbons (Fsp3) is 1.00. The molecule has 0 saturated carbocycles. The lowest BCUT2D eigenvalue weighted by atomic mass is 10.0. The summed E-state index contributed by atoms with van der Waals surface area (Å²) in [6.07, 6.45) is 3.83. The van der Waals surface area contributed by atoms with Crippen molar-refractivity contribution >= 4 is 0 Å². The van der Waals surface area contributed by atoms with Crippen molar-refractivity contribution in [1.82, 2.24) is 4.90 Å². The highest BCUT2D eigenvalue weighted by Crippen LogP contribution is 2.13. The molecule has 1 heterocycles. The molecule has 4 N–H and O–H groups in total. The third kappa shape index (κ3) is 1.68. The van der Waals surface area contributed by atoms with Gasteiger partial charge in [0, 0.05) is 19.3 Å². The number of likely N-dealkylation sites (tertiary alicyclic amines) is 1. The molecule has 1 atom stereocenters. The summed E-state index contributed by atoms with van der Waals surface area (Å²) >= 11 is 0. The molecule has 0 spiro atoms. The second kappa shape index (κ2) is 3.91. The minimum Gasteiger partial charge on any atom is -0.329 e. The lowest BCUT2D eigenvalue weighted by molar-refractivity contribution is 0.157. The second-order valence-electron chi connectivity index (χ2n) is 2.88. The molecule has 1 aliphatic rings. The van der Waals surface area contributed by atoms with Crippen molar-refractivity contribution in [2.24, 2.45) is 11.5 Å². The van der Waals surface area contributed by atoms with Crippen LogP contribution in [0.2, 0.25) is 0 Å². The van der Waals surface area contributed by atoms with Gasteiger partial charge in [0.2, 0.25) is 0 Å². The van der Waals surface area contributed by atoms with E-state index in [9.17, 15) is 0 Å². The Morgan fingerprint density at radius 1 is 1.30 bits per heavy atom. The van der Waals surface area contributed by atoms with Crippen molar-refractivity contribution < 1.29 is 0 Å². The van der Waals surface area contributed by atoms with E-state index in [0.717, 1.165) is 13.1 Å². The Hall–Kier alpha value is -0.120. The monoisotopic (exact) mass is 143 g/mol. The predicted molar refractivity (Wildman–Crippen MR) is 42.5 cm³/mol. The number of piperidine rings is 1. The van der Waals surface area contributed by atoms with Crippen LogP contribution in [0.1, 0.15) is 19.3 Å². The molecule has 0 aromatic rings. The van der Waals surface area contributed by atoms with Gasteiger partial charge >= 0.3 is 0 Å². The molecule has 1 aliphatic heterocycles. The lowest BCUT2D eigenvalue weighted by Gasteiger charge is -2.33. The quantitative estimate of drug-likeness (QED) is 0.559. The van der Waals surface area contributed by atoms with Crippen LogP contribution in [-0.2, 0) is 0 Å². The molecule has 0 amide bonds. The van der Waals surface area contributed by atoms with E-state index in [-0.39, 0.29) is 0 Å². The molecule has 1 fully saturated rings. The average molecular weight is 143 g/mol. The van der Waals surface area contributed by atoms with E-state index in [1.807, 2.05) is 0 Å². The van der Waals surface area contributed by atoms with Crippen LogP contribution in [0.15, 0.2) is 0 Å². The van der Waals surface area contributed by atoms with Crippen LogP contribution in [0.25, 0.3) is 0 Å². The Morgan fingerprint density at radius 2 is 2.10 bits per heavy atom. The number of hydrogen-bond acceptors (Lipinski definition) is 3. The molecule has 0 aromatic carbocycles. The molecule has 1 unspecified atom stereocenters. The van der Waals surface area contributed by atoms with Gasteiger partial charge in [-0.15, -0.1) is 0 Å². The highest BCUT2D eigenvalue weighted by Gasteiger charge is 2.18. The summed E-state index contributed by atoms with van der Waals surface area (Å²) in [5.41, 5.74) is 11.1. The summed E-state index contributed by atoms with van der Waals surface area (Å²) in [5, 5.41) is 0. The Labute approximate surface area is 62.4 Å². The molecule has 10 heavy (non-hydrogen) atoms. The van der Waals surface area contributed by atoms with Crippen molar-refractivity contribution in [3.63, 3.8) is 0 Å². The largest absolute Gasteiger partial charge is 0.329 e. The van der Waals surface area contributed by atoms with Gasteiger partial charge in [-0.2, -0.15) is 0 Å². The number of hydrogen-bond donors (Lipinski definition) is 2. The first-order valence-electron chi connectivity index (χ1n) is 4.02. The SMILES string of the molecule is NCC1CCCCN1CN. The zero-order valence-electron chi connectivity index (χ0n) is 6.42. The molecule has 1 saturated heterocycles. The summed E-state index contributed by atoms with van der Waals surface area (Å²) in [6, 6.07) is 0.554. The Bertz CT molecular complexity index is 82.9. The van der Waals surface area contributed by atoms with Gasteiger partial charge in [-0.3, -0.25) is 4.90 Å². The zero-order valence-corrected chi connectivity index (χ0v) is 6.42. The molecule has 0 radical (unpaired) electrons. The van der Waals surface area contributed by atoms with Crippen molar-refractivity contribution in [3.8, 4) is 0 Å². The molecule has 3 heteroatoms. The Balaban J connectivity index is 2.34. The average Bonchev–Trinajstić information content (AvgIpc) is 2.04. The fourth-order valence-electron chi connectivity index (χ4n) is 1.57. The fourth-order valence-corrected chi connectivity index (χ4v) is 1.57. The van der Waals surface area contributed by atoms with Gasteiger partial charge < -0.3 is 11.5 Å². The van der Waals surface area contributed by atoms with E-state index in [4.69, 9.17) is 11.5 Å². The summed E-state index contributed by atoms with van der Waals surface area (Å²) in [5.74, 6) is 0. The third-order valence-corrected chi connectivity index (χ3v) is 2.26. The van der Waals surface area contributed by atoms with Gasteiger partial charge in [0.25, 0.3) is 0 Å². The Kier molecular flexibility index (Phi) is 3.12. The minimum absolute atomic E-state index is 0.554. The highest BCUT2D eigenvalue weighted by molar-refractivity contribution is 4.75. The third-order valence-electron chi connectivity index (χ3n) is 2.26. The zero-order chi connectivity index (χ0) is 7.40. The molecular formula is C7H17N3. The van der Waals surface area contributed by atoms with Crippen molar-refractivity contribution in [2.45, 2.75) is 25.3 Å². The molecule has 0 aliphatic carbocycles. The predicted octanol–water partition coefficient (Wildman–Crippen LogP) is -0.284. The lowest BCUT2D eigenvalue weighted by Crippen LogP contribution is -2.46. The summed E-state index contributed by atoms with van der Waals surface area (Å²) in [4.78, 5) is 2.27. The van der Waals surface area contributed by atoms with Gasteiger partial charge in [0.1, 0.15) is 0 Å². The maximum Gasteiger partial charge on any atom is 0.0458 e. The normalized spacial score (nSPS) is 28.8. The molecule has 0 aromatic heterocycles. The van der Waals surface area contributed by atoms with Crippen LogP contribution in [-0.4, -0.2) is 30.7 Å². The van der Waals surface area contributed by atoms with E-state index < -0.39 is 0 Å². The number of nitrogens with two attached hydrogens (primary N) is 2. The molecule has 3 nitrogen and oxygen atoms in total. The van der Waals surface area contributed by atoms with Crippen molar-refractivity contribution in [1.29, 1.82) is 0 Å². The van der Waals surface area contributed by atoms with Crippen LogP contribution in [0.5, 0.6) is 0 Å². The second-order valence-corrected chi connectivity index (χ2v) is 2.88.